The van der Waals surface area contributed by atoms with Gasteiger partial charge in [0.05, 0.1) is 0 Å². The van der Waals surface area contributed by atoms with Gasteiger partial charge in [0.2, 0.25) is 6.43 Å². The summed E-state index contributed by atoms with van der Waals surface area (Å²) in [6.07, 6.45) is 0.199. The molecule has 0 aromatic carbocycles. The second-order valence-electron chi connectivity index (χ2n) is 4.14. The second-order valence-corrected chi connectivity index (χ2v) is 4.14. The summed E-state index contributed by atoms with van der Waals surface area (Å²) in [7, 11) is 1.93. The highest BCUT2D eigenvalue weighted by Crippen LogP contribution is 2.13. The molecule has 1 fully saturated rings. The Morgan fingerprint density at radius 1 is 1.36 bits per heavy atom. The van der Waals surface area contributed by atoms with Crippen molar-refractivity contribution in [3.05, 3.63) is 0 Å². The smallest absolute Gasteiger partial charge is 0.239 e. The molecule has 14 heavy (non-hydrogen) atoms. The van der Waals surface area contributed by atoms with E-state index in [2.05, 4.69) is 5.32 Å². The largest absolute Gasteiger partial charge is 0.317 e. The lowest BCUT2D eigenvalue weighted by molar-refractivity contribution is 0.116. The third kappa shape index (κ3) is 4.86. The molecule has 0 radical (unpaired) electrons. The van der Waals surface area contributed by atoms with Crippen LogP contribution in [0.1, 0.15) is 19.3 Å². The van der Waals surface area contributed by atoms with Crippen LogP contribution < -0.4 is 5.32 Å². The quantitative estimate of drug-likeness (QED) is 0.734. The van der Waals surface area contributed by atoms with E-state index < -0.39 is 6.43 Å². The summed E-state index contributed by atoms with van der Waals surface area (Å²) < 4.78 is 23.9. The van der Waals surface area contributed by atoms with Crippen LogP contribution in [0.4, 0.5) is 8.78 Å². The topological polar surface area (TPSA) is 15.3 Å². The van der Waals surface area contributed by atoms with Crippen LogP contribution in [0.3, 0.4) is 0 Å². The molecule has 0 aliphatic carbocycles. The molecule has 0 bridgehead atoms. The number of rotatable bonds is 5. The Morgan fingerprint density at radius 3 is 2.57 bits per heavy atom. The van der Waals surface area contributed by atoms with Crippen molar-refractivity contribution in [1.29, 1.82) is 0 Å². The van der Waals surface area contributed by atoms with Gasteiger partial charge in [-0.25, -0.2) is 8.78 Å². The standard InChI is InChI=1S/C10H20F2N2/c1-14(7-4-10(11)12)8-9-2-5-13-6-3-9/h9-10,13H,2-8H2,1H3. The van der Waals surface area contributed by atoms with Crippen molar-refractivity contribution in [3.8, 4) is 0 Å². The van der Waals surface area contributed by atoms with Gasteiger partial charge in [-0.05, 0) is 38.9 Å². The lowest BCUT2D eigenvalue weighted by Crippen LogP contribution is -2.35. The molecule has 0 saturated carbocycles. The fourth-order valence-corrected chi connectivity index (χ4v) is 1.91. The van der Waals surface area contributed by atoms with Crippen molar-refractivity contribution >= 4 is 0 Å². The van der Waals surface area contributed by atoms with Gasteiger partial charge in [0.1, 0.15) is 0 Å². The lowest BCUT2D eigenvalue weighted by atomic mass is 9.98. The summed E-state index contributed by atoms with van der Waals surface area (Å²) in [5, 5.41) is 3.30. The van der Waals surface area contributed by atoms with E-state index in [1.165, 1.54) is 12.8 Å². The molecule has 1 heterocycles. The van der Waals surface area contributed by atoms with Crippen LogP contribution in [0.2, 0.25) is 0 Å². The summed E-state index contributed by atoms with van der Waals surface area (Å²) in [5.41, 5.74) is 0. The summed E-state index contributed by atoms with van der Waals surface area (Å²) >= 11 is 0. The van der Waals surface area contributed by atoms with Gasteiger partial charge in [0, 0.05) is 19.5 Å². The van der Waals surface area contributed by atoms with Crippen LogP contribution in [-0.2, 0) is 0 Å². The fourth-order valence-electron chi connectivity index (χ4n) is 1.91. The molecular weight excluding hydrogens is 186 g/mol. The summed E-state index contributed by atoms with van der Waals surface area (Å²) in [6, 6.07) is 0. The maximum atomic E-state index is 11.9. The van der Waals surface area contributed by atoms with Crippen molar-refractivity contribution in [2.45, 2.75) is 25.7 Å². The molecule has 1 aliphatic heterocycles. The minimum Gasteiger partial charge on any atom is -0.317 e. The van der Waals surface area contributed by atoms with Crippen molar-refractivity contribution in [3.63, 3.8) is 0 Å². The van der Waals surface area contributed by atoms with E-state index in [-0.39, 0.29) is 6.42 Å². The number of hydrogen-bond donors (Lipinski definition) is 1. The maximum absolute atomic E-state index is 11.9. The average molecular weight is 206 g/mol. The van der Waals surface area contributed by atoms with E-state index >= 15 is 0 Å². The minimum atomic E-state index is -2.16. The summed E-state index contributed by atoms with van der Waals surface area (Å²) in [6.45, 7) is 3.64. The van der Waals surface area contributed by atoms with Gasteiger partial charge < -0.3 is 10.2 Å². The Morgan fingerprint density at radius 2 is 2.00 bits per heavy atom. The van der Waals surface area contributed by atoms with Gasteiger partial charge in [-0.3, -0.25) is 0 Å². The molecule has 84 valence electrons. The van der Waals surface area contributed by atoms with Gasteiger partial charge in [0.15, 0.2) is 0 Å². The number of alkyl halides is 2. The van der Waals surface area contributed by atoms with Crippen LogP contribution in [0, 0.1) is 5.92 Å². The molecule has 0 atom stereocenters. The van der Waals surface area contributed by atoms with Crippen molar-refractivity contribution in [2.24, 2.45) is 5.92 Å². The number of halogens is 2. The molecule has 1 aliphatic rings. The number of hydrogen-bond acceptors (Lipinski definition) is 2. The molecule has 0 aromatic rings. The first-order chi connectivity index (χ1) is 6.68. The highest BCUT2D eigenvalue weighted by molar-refractivity contribution is 4.71. The Hall–Kier alpha value is -0.220. The molecular formula is C10H20F2N2. The Balaban J connectivity index is 2.09. The van der Waals surface area contributed by atoms with Crippen LogP contribution in [-0.4, -0.2) is 44.6 Å². The van der Waals surface area contributed by atoms with Crippen LogP contribution >= 0.6 is 0 Å². The van der Waals surface area contributed by atoms with Gasteiger partial charge in [-0.15, -0.1) is 0 Å². The predicted octanol–water partition coefficient (Wildman–Crippen LogP) is 1.57. The SMILES string of the molecule is CN(CCC(F)F)CC1CCNCC1. The first-order valence-electron chi connectivity index (χ1n) is 5.36. The molecule has 2 nitrogen and oxygen atoms in total. The Kier molecular flexibility index (Phi) is 5.33. The van der Waals surface area contributed by atoms with Gasteiger partial charge >= 0.3 is 0 Å². The van der Waals surface area contributed by atoms with Crippen molar-refractivity contribution in [1.82, 2.24) is 10.2 Å². The van der Waals surface area contributed by atoms with Crippen LogP contribution in [0.15, 0.2) is 0 Å². The van der Waals surface area contributed by atoms with Crippen LogP contribution in [0.25, 0.3) is 0 Å². The van der Waals surface area contributed by atoms with E-state index in [0.717, 1.165) is 19.6 Å². The van der Waals surface area contributed by atoms with Crippen molar-refractivity contribution in [2.75, 3.05) is 33.2 Å². The monoisotopic (exact) mass is 206 g/mol. The third-order valence-electron chi connectivity index (χ3n) is 2.76. The fraction of sp³-hybridized carbons (Fsp3) is 1.00. The van der Waals surface area contributed by atoms with Gasteiger partial charge in [0.25, 0.3) is 0 Å². The average Bonchev–Trinajstić information content (AvgIpc) is 2.16. The van der Waals surface area contributed by atoms with E-state index in [9.17, 15) is 8.78 Å². The van der Waals surface area contributed by atoms with Crippen LogP contribution in [0.5, 0.6) is 0 Å². The molecule has 0 aromatic heterocycles. The summed E-state index contributed by atoms with van der Waals surface area (Å²) in [5.74, 6) is 0.693. The van der Waals surface area contributed by atoms with E-state index in [1.54, 1.807) is 0 Å². The Labute approximate surface area is 84.7 Å². The third-order valence-corrected chi connectivity index (χ3v) is 2.76. The highest BCUT2D eigenvalue weighted by atomic mass is 19.3. The summed E-state index contributed by atoms with van der Waals surface area (Å²) in [4.78, 5) is 2.03. The molecule has 4 heteroatoms. The first kappa shape index (κ1) is 11.9. The maximum Gasteiger partial charge on any atom is 0.239 e. The first-order valence-corrected chi connectivity index (χ1v) is 5.36. The highest BCUT2D eigenvalue weighted by Gasteiger charge is 2.15. The van der Waals surface area contributed by atoms with E-state index in [1.807, 2.05) is 11.9 Å². The molecule has 0 spiro atoms. The normalized spacial score (nSPS) is 19.5. The minimum absolute atomic E-state index is 0.00146. The Bertz CT molecular complexity index is 147. The van der Waals surface area contributed by atoms with E-state index in [4.69, 9.17) is 0 Å². The second kappa shape index (κ2) is 6.30. The molecule has 1 rings (SSSR count). The van der Waals surface area contributed by atoms with Gasteiger partial charge in [-0.1, -0.05) is 0 Å². The molecule has 1 saturated heterocycles. The molecule has 1 N–H and O–H groups in total. The lowest BCUT2D eigenvalue weighted by Gasteiger charge is -2.27. The van der Waals surface area contributed by atoms with Gasteiger partial charge in [-0.2, -0.15) is 0 Å². The van der Waals surface area contributed by atoms with E-state index in [0.29, 0.717) is 12.5 Å². The predicted molar refractivity (Wildman–Crippen MR) is 53.7 cm³/mol. The van der Waals surface area contributed by atoms with Crippen molar-refractivity contribution < 1.29 is 8.78 Å². The number of nitrogens with zero attached hydrogens (tertiary/aromatic N) is 1. The zero-order chi connectivity index (χ0) is 10.4. The zero-order valence-corrected chi connectivity index (χ0v) is 8.81. The molecule has 0 unspecified atom stereocenters. The zero-order valence-electron chi connectivity index (χ0n) is 8.81. The number of nitrogens with one attached hydrogen (secondary N) is 1. The molecule has 0 amide bonds. The number of piperidine rings is 1.